The third-order valence-electron chi connectivity index (χ3n) is 3.74. The largest absolute Gasteiger partial charge is 0.417 e. The highest BCUT2D eigenvalue weighted by Crippen LogP contribution is 2.37. The summed E-state index contributed by atoms with van der Waals surface area (Å²) in [5.74, 6) is -0.161. The lowest BCUT2D eigenvalue weighted by molar-refractivity contribution is -0.255. The van der Waals surface area contributed by atoms with Crippen LogP contribution in [0.5, 0.6) is 5.75 Å². The minimum atomic E-state index is -5.68. The molecule has 0 aromatic heterocycles. The normalized spacial score (nSPS) is 13.6. The van der Waals surface area contributed by atoms with Crippen molar-refractivity contribution in [3.05, 3.63) is 29.8 Å². The number of nitrogens with one attached hydrogen (secondary N) is 1. The molecule has 9 heteroatoms. The summed E-state index contributed by atoms with van der Waals surface area (Å²) in [5.41, 5.74) is 0.716. The minimum absolute atomic E-state index is 0.0444. The van der Waals surface area contributed by atoms with Gasteiger partial charge in [-0.2, -0.15) is 26.3 Å². The first-order valence-corrected chi connectivity index (χ1v) is 8.14. The van der Waals surface area contributed by atoms with Gasteiger partial charge in [0.05, 0.1) is 0 Å². The summed E-state index contributed by atoms with van der Waals surface area (Å²) in [6.45, 7) is 10.3. The Balaban J connectivity index is 2.85. The molecule has 0 unspecified atom stereocenters. The van der Waals surface area contributed by atoms with Crippen molar-refractivity contribution in [1.29, 1.82) is 0 Å². The van der Waals surface area contributed by atoms with Crippen molar-refractivity contribution in [2.45, 2.75) is 64.8 Å². The summed E-state index contributed by atoms with van der Waals surface area (Å²) in [6, 6.07) is 1.91. The van der Waals surface area contributed by atoms with E-state index in [4.69, 9.17) is 0 Å². The summed E-state index contributed by atoms with van der Waals surface area (Å²) in [6.07, 6.45) is -12.4. The van der Waals surface area contributed by atoms with Gasteiger partial charge in [0.1, 0.15) is 5.75 Å². The van der Waals surface area contributed by atoms with Gasteiger partial charge in [-0.3, -0.25) is 0 Å². The molecule has 0 fully saturated rings. The molecule has 0 radical (unpaired) electrons. The van der Waals surface area contributed by atoms with Gasteiger partial charge in [-0.05, 0) is 34.9 Å². The summed E-state index contributed by atoms with van der Waals surface area (Å²) in [4.78, 5) is 11.5. The molecule has 0 saturated heterocycles. The molecule has 0 aliphatic heterocycles. The van der Waals surface area contributed by atoms with Gasteiger partial charge in [-0.1, -0.05) is 46.8 Å². The summed E-state index contributed by atoms with van der Waals surface area (Å²) < 4.78 is 79.2. The molecule has 0 atom stereocenters. The van der Waals surface area contributed by atoms with Crippen LogP contribution in [0.4, 0.5) is 31.1 Å². The molecule has 0 aliphatic carbocycles. The molecule has 0 spiro atoms. The maximum atomic E-state index is 12.4. The van der Waals surface area contributed by atoms with Gasteiger partial charge >= 0.3 is 18.4 Å². The van der Waals surface area contributed by atoms with Crippen LogP contribution in [0, 0.1) is 5.41 Å². The van der Waals surface area contributed by atoms with Gasteiger partial charge < -0.3 is 10.1 Å². The highest BCUT2D eigenvalue weighted by Gasteiger charge is 2.57. The monoisotopic (exact) mass is 399 g/mol. The number of carbonyl (C=O) groups excluding carboxylic acids is 1. The third-order valence-corrected chi connectivity index (χ3v) is 3.74. The number of carbonyl (C=O) groups is 1. The molecule has 3 nitrogen and oxygen atoms in total. The Kier molecular flexibility index (Phi) is 6.50. The first kappa shape index (κ1) is 23.1. The van der Waals surface area contributed by atoms with Crippen LogP contribution in [0.15, 0.2) is 24.3 Å². The number of halogens is 6. The second-order valence-corrected chi connectivity index (χ2v) is 8.20. The highest BCUT2D eigenvalue weighted by atomic mass is 19.4. The number of rotatable bonds is 4. The Hall–Kier alpha value is -1.93. The van der Waals surface area contributed by atoms with Crippen molar-refractivity contribution in [3.63, 3.8) is 0 Å². The Labute approximate surface area is 154 Å². The second kappa shape index (κ2) is 7.59. The SMILES string of the molecule is CC(C)(C)CC(C)(C)c1ccc(OC(=O)NC(C(F)(F)F)C(F)(F)F)cc1. The van der Waals surface area contributed by atoms with Crippen LogP contribution >= 0.6 is 0 Å². The van der Waals surface area contributed by atoms with Crippen molar-refractivity contribution in [1.82, 2.24) is 5.32 Å². The lowest BCUT2D eigenvalue weighted by Gasteiger charge is -2.33. The molecule has 1 aromatic carbocycles. The summed E-state index contributed by atoms with van der Waals surface area (Å²) in [5, 5.41) is 0.810. The predicted octanol–water partition coefficient (Wildman–Crippen LogP) is 5.98. The van der Waals surface area contributed by atoms with Crippen LogP contribution in [-0.4, -0.2) is 24.5 Å². The second-order valence-electron chi connectivity index (χ2n) is 8.20. The fraction of sp³-hybridized carbons (Fsp3) is 0.611. The van der Waals surface area contributed by atoms with Crippen LogP contribution in [0.25, 0.3) is 0 Å². The molecular weight excluding hydrogens is 376 g/mol. The number of amides is 1. The molecule has 0 saturated carbocycles. The van der Waals surface area contributed by atoms with Crippen molar-refractivity contribution in [2.24, 2.45) is 5.41 Å². The average molecular weight is 399 g/mol. The summed E-state index contributed by atoms with van der Waals surface area (Å²) >= 11 is 0. The van der Waals surface area contributed by atoms with E-state index in [2.05, 4.69) is 25.5 Å². The number of ether oxygens (including phenoxy) is 1. The number of benzene rings is 1. The van der Waals surface area contributed by atoms with E-state index in [9.17, 15) is 31.1 Å². The fourth-order valence-corrected chi connectivity index (χ4v) is 3.01. The van der Waals surface area contributed by atoms with E-state index >= 15 is 0 Å². The van der Waals surface area contributed by atoms with Gasteiger partial charge in [0.15, 0.2) is 0 Å². The standard InChI is InChI=1S/C18H23F6NO2/c1-15(2,3)10-16(4,5)11-6-8-12(9-7-11)27-14(26)25-13(17(19,20)21)18(22,23)24/h6-9,13H,10H2,1-5H3,(H,25,26). The zero-order valence-electron chi connectivity index (χ0n) is 15.7. The maximum absolute atomic E-state index is 12.4. The van der Waals surface area contributed by atoms with Gasteiger partial charge in [-0.15, -0.1) is 0 Å². The highest BCUT2D eigenvalue weighted by molar-refractivity contribution is 5.71. The zero-order valence-corrected chi connectivity index (χ0v) is 15.7. The van der Waals surface area contributed by atoms with Crippen LogP contribution < -0.4 is 10.1 Å². The third kappa shape index (κ3) is 7.30. The predicted molar refractivity (Wildman–Crippen MR) is 88.6 cm³/mol. The quantitative estimate of drug-likeness (QED) is 0.633. The molecule has 1 N–H and O–H groups in total. The van der Waals surface area contributed by atoms with E-state index in [-0.39, 0.29) is 16.6 Å². The van der Waals surface area contributed by atoms with E-state index in [0.29, 0.717) is 0 Å². The number of alkyl halides is 6. The van der Waals surface area contributed by atoms with E-state index < -0.39 is 24.5 Å². The first-order chi connectivity index (χ1) is 11.9. The van der Waals surface area contributed by atoms with E-state index in [1.54, 1.807) is 12.1 Å². The Bertz CT molecular complexity index is 628. The molecule has 0 aliphatic rings. The molecule has 1 amide bonds. The zero-order chi connectivity index (χ0) is 21.3. The maximum Gasteiger partial charge on any atom is 0.417 e. The topological polar surface area (TPSA) is 38.3 Å². The molecule has 0 bridgehead atoms. The molecule has 27 heavy (non-hydrogen) atoms. The van der Waals surface area contributed by atoms with Gasteiger partial charge in [0.2, 0.25) is 6.04 Å². The lowest BCUT2D eigenvalue weighted by atomic mass is 9.72. The fourth-order valence-electron chi connectivity index (χ4n) is 3.01. The van der Waals surface area contributed by atoms with E-state index in [1.165, 1.54) is 12.1 Å². The first-order valence-electron chi connectivity index (χ1n) is 8.14. The van der Waals surface area contributed by atoms with Crippen molar-refractivity contribution in [3.8, 4) is 5.75 Å². The lowest BCUT2D eigenvalue weighted by Crippen LogP contribution is -2.55. The Morgan fingerprint density at radius 2 is 1.37 bits per heavy atom. The van der Waals surface area contributed by atoms with Gasteiger partial charge in [-0.25, -0.2) is 4.79 Å². The van der Waals surface area contributed by atoms with Crippen LogP contribution in [0.2, 0.25) is 0 Å². The van der Waals surface area contributed by atoms with Crippen LogP contribution in [0.3, 0.4) is 0 Å². The van der Waals surface area contributed by atoms with E-state index in [0.717, 1.165) is 17.3 Å². The average Bonchev–Trinajstić information content (AvgIpc) is 2.40. The van der Waals surface area contributed by atoms with Crippen LogP contribution in [-0.2, 0) is 5.41 Å². The molecule has 154 valence electrons. The van der Waals surface area contributed by atoms with Crippen molar-refractivity contribution < 1.29 is 35.9 Å². The number of hydrogen-bond acceptors (Lipinski definition) is 2. The minimum Gasteiger partial charge on any atom is -0.410 e. The molecule has 0 heterocycles. The van der Waals surface area contributed by atoms with Gasteiger partial charge in [0, 0.05) is 0 Å². The molecule has 1 rings (SSSR count). The van der Waals surface area contributed by atoms with E-state index in [1.807, 2.05) is 13.8 Å². The Morgan fingerprint density at radius 3 is 1.74 bits per heavy atom. The summed E-state index contributed by atoms with van der Waals surface area (Å²) in [7, 11) is 0. The smallest absolute Gasteiger partial charge is 0.410 e. The molecular formula is C18H23F6NO2. The molecule has 1 aromatic rings. The number of hydrogen-bond donors (Lipinski definition) is 1. The van der Waals surface area contributed by atoms with Crippen LogP contribution in [0.1, 0.15) is 46.6 Å². The van der Waals surface area contributed by atoms with Crippen molar-refractivity contribution >= 4 is 6.09 Å². The van der Waals surface area contributed by atoms with Gasteiger partial charge in [0.25, 0.3) is 0 Å². The Morgan fingerprint density at radius 1 is 0.926 bits per heavy atom. The van der Waals surface area contributed by atoms with Crippen molar-refractivity contribution in [2.75, 3.05) is 0 Å².